The zero-order chi connectivity index (χ0) is 18.3. The summed E-state index contributed by atoms with van der Waals surface area (Å²) in [5, 5.41) is 10.1. The third-order valence-corrected chi connectivity index (χ3v) is 3.42. The van der Waals surface area contributed by atoms with Gasteiger partial charge in [0.05, 0.1) is 11.1 Å². The van der Waals surface area contributed by atoms with Crippen molar-refractivity contribution in [2.24, 2.45) is 0 Å². The van der Waals surface area contributed by atoms with E-state index in [1.807, 2.05) is 0 Å². The van der Waals surface area contributed by atoms with Crippen molar-refractivity contribution in [2.45, 2.75) is 25.4 Å². The fourth-order valence-electron chi connectivity index (χ4n) is 2.17. The Kier molecular flexibility index (Phi) is 4.63. The number of benzene rings is 2. The lowest BCUT2D eigenvalue weighted by atomic mass is 9.96. The summed E-state index contributed by atoms with van der Waals surface area (Å²) >= 11 is 0. The Bertz CT molecular complexity index is 715. The first-order valence-corrected chi connectivity index (χ1v) is 6.63. The third-order valence-electron chi connectivity index (χ3n) is 3.42. The van der Waals surface area contributed by atoms with Crippen LogP contribution in [0.5, 0.6) is 0 Å². The van der Waals surface area contributed by atoms with E-state index >= 15 is 0 Å². The average molecular weight is 352 g/mol. The van der Waals surface area contributed by atoms with E-state index in [-0.39, 0.29) is 17.2 Å². The van der Waals surface area contributed by atoms with Crippen LogP contribution in [0.25, 0.3) is 0 Å². The molecule has 0 aromatic heterocycles. The van der Waals surface area contributed by atoms with Crippen molar-refractivity contribution in [2.75, 3.05) is 0 Å². The Morgan fingerprint density at radius 2 is 1.29 bits per heavy atom. The zero-order valence-electron chi connectivity index (χ0n) is 12.1. The minimum atomic E-state index is -5.01. The van der Waals surface area contributed by atoms with E-state index < -0.39 is 41.0 Å². The van der Waals surface area contributed by atoms with E-state index in [0.717, 1.165) is 18.2 Å². The molecule has 0 aliphatic heterocycles. The van der Waals surface area contributed by atoms with Gasteiger partial charge in [0.2, 0.25) is 0 Å². The van der Waals surface area contributed by atoms with Crippen LogP contribution in [-0.4, -0.2) is 5.11 Å². The third kappa shape index (κ3) is 3.87. The second-order valence-electron chi connectivity index (χ2n) is 5.25. The van der Waals surface area contributed by atoms with Crippen molar-refractivity contribution in [3.8, 4) is 0 Å². The number of hydrogen-bond acceptors (Lipinski definition) is 1. The quantitative estimate of drug-likeness (QED) is 0.732. The molecule has 1 nitrogen and oxygen atoms in total. The van der Waals surface area contributed by atoms with Crippen LogP contribution in [0.1, 0.15) is 33.9 Å². The molecule has 2 aromatic rings. The molecule has 2 rings (SSSR count). The number of rotatable bonds is 2. The van der Waals surface area contributed by atoms with Crippen molar-refractivity contribution in [3.63, 3.8) is 0 Å². The van der Waals surface area contributed by atoms with Crippen molar-refractivity contribution in [1.29, 1.82) is 0 Å². The zero-order valence-corrected chi connectivity index (χ0v) is 12.1. The standard InChI is InChI=1S/C16H11F7O/c1-8-4-9(2-3-13(8)17)14(24)10-5-11(15(18,19)20)7-12(6-10)16(21,22)23/h2-7,14,24H,1H3. The van der Waals surface area contributed by atoms with Crippen molar-refractivity contribution in [3.05, 3.63) is 70.0 Å². The van der Waals surface area contributed by atoms with E-state index in [1.54, 1.807) is 0 Å². The molecule has 0 spiro atoms. The van der Waals surface area contributed by atoms with Gasteiger partial charge < -0.3 is 5.11 Å². The predicted molar refractivity (Wildman–Crippen MR) is 71.6 cm³/mol. The fraction of sp³-hybridized carbons (Fsp3) is 0.250. The van der Waals surface area contributed by atoms with E-state index in [1.165, 1.54) is 6.92 Å². The Morgan fingerprint density at radius 1 is 0.792 bits per heavy atom. The molecule has 0 bridgehead atoms. The largest absolute Gasteiger partial charge is 0.416 e. The highest BCUT2D eigenvalue weighted by atomic mass is 19.4. The maximum absolute atomic E-state index is 13.2. The minimum absolute atomic E-state index is 0.0126. The highest BCUT2D eigenvalue weighted by Gasteiger charge is 2.37. The molecule has 0 saturated heterocycles. The smallest absolute Gasteiger partial charge is 0.384 e. The Hall–Kier alpha value is -2.09. The molecular weight excluding hydrogens is 341 g/mol. The number of aryl methyl sites for hydroxylation is 1. The normalized spacial score (nSPS) is 13.9. The van der Waals surface area contributed by atoms with Gasteiger partial charge in [0.25, 0.3) is 0 Å². The summed E-state index contributed by atoms with van der Waals surface area (Å²) in [7, 11) is 0. The second-order valence-corrected chi connectivity index (χ2v) is 5.25. The lowest BCUT2D eigenvalue weighted by Gasteiger charge is -2.18. The molecule has 2 aromatic carbocycles. The number of halogens is 7. The first-order valence-electron chi connectivity index (χ1n) is 6.63. The molecule has 1 N–H and O–H groups in total. The molecule has 0 aliphatic carbocycles. The monoisotopic (exact) mass is 352 g/mol. The molecule has 0 saturated carbocycles. The minimum Gasteiger partial charge on any atom is -0.384 e. The lowest BCUT2D eigenvalue weighted by molar-refractivity contribution is -0.143. The van der Waals surface area contributed by atoms with Gasteiger partial charge in [-0.2, -0.15) is 26.3 Å². The molecule has 0 aliphatic rings. The summed E-state index contributed by atoms with van der Waals surface area (Å²) in [4.78, 5) is 0. The first-order chi connectivity index (χ1) is 10.9. The molecule has 0 heterocycles. The van der Waals surface area contributed by atoms with E-state index in [4.69, 9.17) is 0 Å². The van der Waals surface area contributed by atoms with Crippen LogP contribution in [0.15, 0.2) is 36.4 Å². The molecule has 0 fully saturated rings. The molecule has 0 amide bonds. The van der Waals surface area contributed by atoms with Gasteiger partial charge >= 0.3 is 12.4 Å². The maximum Gasteiger partial charge on any atom is 0.416 e. The van der Waals surface area contributed by atoms with Crippen LogP contribution in [0.4, 0.5) is 30.7 Å². The molecular formula is C16H11F7O. The van der Waals surface area contributed by atoms with Gasteiger partial charge in [-0.05, 0) is 47.9 Å². The first kappa shape index (κ1) is 18.3. The average Bonchev–Trinajstić information content (AvgIpc) is 2.47. The van der Waals surface area contributed by atoms with Crippen LogP contribution >= 0.6 is 0 Å². The summed E-state index contributed by atoms with van der Waals surface area (Å²) in [6.07, 6.45) is -11.8. The van der Waals surface area contributed by atoms with E-state index in [2.05, 4.69) is 0 Å². The Morgan fingerprint density at radius 3 is 1.71 bits per heavy atom. The van der Waals surface area contributed by atoms with Gasteiger partial charge in [-0.3, -0.25) is 0 Å². The Balaban J connectivity index is 2.57. The van der Waals surface area contributed by atoms with Crippen LogP contribution in [0.2, 0.25) is 0 Å². The molecule has 24 heavy (non-hydrogen) atoms. The van der Waals surface area contributed by atoms with Crippen molar-refractivity contribution < 1.29 is 35.8 Å². The van der Waals surface area contributed by atoms with E-state index in [9.17, 15) is 35.8 Å². The lowest BCUT2D eigenvalue weighted by Crippen LogP contribution is -2.13. The van der Waals surface area contributed by atoms with Crippen LogP contribution in [0.3, 0.4) is 0 Å². The SMILES string of the molecule is Cc1cc(C(O)c2cc(C(F)(F)F)cc(C(F)(F)F)c2)ccc1F. The molecule has 1 atom stereocenters. The van der Waals surface area contributed by atoms with Crippen LogP contribution in [-0.2, 0) is 12.4 Å². The van der Waals surface area contributed by atoms with Crippen molar-refractivity contribution in [1.82, 2.24) is 0 Å². The van der Waals surface area contributed by atoms with Gasteiger partial charge in [-0.1, -0.05) is 12.1 Å². The molecule has 8 heteroatoms. The number of aliphatic hydroxyl groups excluding tert-OH is 1. The van der Waals surface area contributed by atoms with Crippen molar-refractivity contribution >= 4 is 0 Å². The highest BCUT2D eigenvalue weighted by molar-refractivity contribution is 5.39. The summed E-state index contributed by atoms with van der Waals surface area (Å²) in [5.74, 6) is -0.606. The predicted octanol–water partition coefficient (Wildman–Crippen LogP) is 5.25. The number of aliphatic hydroxyl groups is 1. The molecule has 0 radical (unpaired) electrons. The van der Waals surface area contributed by atoms with Gasteiger partial charge in [0.15, 0.2) is 0 Å². The highest BCUT2D eigenvalue weighted by Crippen LogP contribution is 2.38. The Labute approximate surface area is 132 Å². The van der Waals surface area contributed by atoms with Gasteiger partial charge in [0, 0.05) is 0 Å². The summed E-state index contributed by atoms with van der Waals surface area (Å²) < 4.78 is 90.1. The molecule has 130 valence electrons. The fourth-order valence-corrected chi connectivity index (χ4v) is 2.17. The number of hydrogen-bond donors (Lipinski definition) is 1. The summed E-state index contributed by atoms with van der Waals surface area (Å²) in [6.45, 7) is 1.36. The topological polar surface area (TPSA) is 20.2 Å². The summed E-state index contributed by atoms with van der Waals surface area (Å²) in [6, 6.07) is 4.10. The van der Waals surface area contributed by atoms with Crippen LogP contribution in [0, 0.1) is 12.7 Å². The second kappa shape index (κ2) is 6.08. The van der Waals surface area contributed by atoms with Gasteiger partial charge in [-0.15, -0.1) is 0 Å². The number of alkyl halides is 6. The summed E-state index contributed by atoms with van der Waals surface area (Å²) in [5.41, 5.74) is -3.53. The van der Waals surface area contributed by atoms with Gasteiger partial charge in [0.1, 0.15) is 11.9 Å². The molecule has 1 unspecified atom stereocenters. The maximum atomic E-state index is 13.2. The van der Waals surface area contributed by atoms with E-state index in [0.29, 0.717) is 12.1 Å². The van der Waals surface area contributed by atoms with Gasteiger partial charge in [-0.25, -0.2) is 4.39 Å². The van der Waals surface area contributed by atoms with Crippen LogP contribution < -0.4 is 0 Å².